The Morgan fingerprint density at radius 2 is 1.90 bits per heavy atom. The second kappa shape index (κ2) is 6.15. The number of fused-ring (bicyclic) bond motifs is 1. The molecule has 0 bridgehead atoms. The SMILES string of the molecule is CC(Cc1ccc(O)cc1)N1CCCN2CCCC2C1. The summed E-state index contributed by atoms with van der Waals surface area (Å²) in [5, 5.41) is 9.36. The lowest BCUT2D eigenvalue weighted by atomic mass is 10.0. The zero-order valence-corrected chi connectivity index (χ0v) is 12.5. The molecule has 2 saturated heterocycles. The highest BCUT2D eigenvalue weighted by atomic mass is 16.3. The maximum absolute atomic E-state index is 9.36. The molecule has 2 atom stereocenters. The van der Waals surface area contributed by atoms with Crippen LogP contribution in [0.2, 0.25) is 0 Å². The van der Waals surface area contributed by atoms with Crippen molar-refractivity contribution >= 4 is 0 Å². The molecule has 3 nitrogen and oxygen atoms in total. The Hall–Kier alpha value is -1.06. The largest absolute Gasteiger partial charge is 0.508 e. The molecule has 0 spiro atoms. The summed E-state index contributed by atoms with van der Waals surface area (Å²) in [5.74, 6) is 0.359. The van der Waals surface area contributed by atoms with E-state index in [9.17, 15) is 5.11 Å². The van der Waals surface area contributed by atoms with Gasteiger partial charge in [-0.05, 0) is 69.9 Å². The van der Waals surface area contributed by atoms with Crippen molar-refractivity contribution in [2.24, 2.45) is 0 Å². The number of phenols is 1. The molecule has 110 valence electrons. The molecule has 0 aliphatic carbocycles. The van der Waals surface area contributed by atoms with E-state index in [0.717, 1.165) is 12.5 Å². The smallest absolute Gasteiger partial charge is 0.115 e. The number of phenolic OH excluding ortho intramolecular Hbond substituents is 1. The third-order valence-electron chi connectivity index (χ3n) is 4.93. The van der Waals surface area contributed by atoms with E-state index >= 15 is 0 Å². The van der Waals surface area contributed by atoms with Crippen LogP contribution in [0.4, 0.5) is 0 Å². The van der Waals surface area contributed by atoms with Crippen LogP contribution in [0.5, 0.6) is 5.75 Å². The van der Waals surface area contributed by atoms with Gasteiger partial charge in [-0.3, -0.25) is 9.80 Å². The second-order valence-electron chi connectivity index (χ2n) is 6.40. The van der Waals surface area contributed by atoms with E-state index < -0.39 is 0 Å². The Kier molecular flexibility index (Phi) is 4.27. The fourth-order valence-electron chi connectivity index (χ4n) is 3.74. The van der Waals surface area contributed by atoms with E-state index in [1.165, 1.54) is 51.0 Å². The van der Waals surface area contributed by atoms with Gasteiger partial charge in [0.1, 0.15) is 5.75 Å². The van der Waals surface area contributed by atoms with Gasteiger partial charge in [-0.25, -0.2) is 0 Å². The highest BCUT2D eigenvalue weighted by Gasteiger charge is 2.30. The summed E-state index contributed by atoms with van der Waals surface area (Å²) in [4.78, 5) is 5.36. The van der Waals surface area contributed by atoms with Crippen molar-refractivity contribution in [2.45, 2.75) is 44.7 Å². The maximum atomic E-state index is 9.36. The summed E-state index contributed by atoms with van der Waals surface area (Å²) in [6.07, 6.45) is 5.14. The van der Waals surface area contributed by atoms with Gasteiger partial charge < -0.3 is 5.11 Å². The van der Waals surface area contributed by atoms with Crippen LogP contribution in [0.15, 0.2) is 24.3 Å². The number of aromatic hydroxyl groups is 1. The zero-order chi connectivity index (χ0) is 13.9. The second-order valence-corrected chi connectivity index (χ2v) is 6.40. The Labute approximate surface area is 122 Å². The minimum Gasteiger partial charge on any atom is -0.508 e. The fourth-order valence-corrected chi connectivity index (χ4v) is 3.74. The van der Waals surface area contributed by atoms with Gasteiger partial charge in [0.15, 0.2) is 0 Å². The summed E-state index contributed by atoms with van der Waals surface area (Å²) in [5.41, 5.74) is 1.32. The van der Waals surface area contributed by atoms with Crippen molar-refractivity contribution in [1.29, 1.82) is 0 Å². The fraction of sp³-hybridized carbons (Fsp3) is 0.647. The molecule has 0 saturated carbocycles. The lowest BCUT2D eigenvalue weighted by Crippen LogP contribution is -2.41. The van der Waals surface area contributed by atoms with Gasteiger partial charge in [0.05, 0.1) is 0 Å². The standard InChI is InChI=1S/C17H26N2O/c1-14(12-15-5-7-17(20)8-6-15)19-11-3-10-18-9-2-4-16(18)13-19/h5-8,14,16,20H,2-4,9-13H2,1H3. The number of hydrogen-bond donors (Lipinski definition) is 1. The molecule has 2 fully saturated rings. The molecule has 3 heteroatoms. The van der Waals surface area contributed by atoms with Crippen LogP contribution in [0.1, 0.15) is 31.7 Å². The van der Waals surface area contributed by atoms with Gasteiger partial charge in [0.2, 0.25) is 0 Å². The van der Waals surface area contributed by atoms with Gasteiger partial charge in [-0.2, -0.15) is 0 Å². The monoisotopic (exact) mass is 274 g/mol. The molecule has 3 rings (SSSR count). The molecule has 20 heavy (non-hydrogen) atoms. The third kappa shape index (κ3) is 3.15. The van der Waals surface area contributed by atoms with Gasteiger partial charge in [0, 0.05) is 18.6 Å². The first kappa shape index (κ1) is 13.9. The molecule has 0 aromatic heterocycles. The average Bonchev–Trinajstić information content (AvgIpc) is 2.78. The van der Waals surface area contributed by atoms with Crippen LogP contribution < -0.4 is 0 Å². The first-order chi connectivity index (χ1) is 9.72. The van der Waals surface area contributed by atoms with Crippen LogP contribution in [0, 0.1) is 0 Å². The predicted molar refractivity (Wildman–Crippen MR) is 82.1 cm³/mol. The van der Waals surface area contributed by atoms with E-state index in [1.807, 2.05) is 12.1 Å². The molecule has 0 amide bonds. The predicted octanol–water partition coefficient (Wildman–Crippen LogP) is 2.49. The first-order valence-electron chi connectivity index (χ1n) is 7.98. The molecule has 1 aromatic rings. The number of rotatable bonds is 3. The molecular weight excluding hydrogens is 248 g/mol. The number of hydrogen-bond acceptors (Lipinski definition) is 3. The van der Waals surface area contributed by atoms with E-state index in [1.54, 1.807) is 12.1 Å². The molecular formula is C17H26N2O. The maximum Gasteiger partial charge on any atom is 0.115 e. The van der Waals surface area contributed by atoms with Crippen LogP contribution in [0.25, 0.3) is 0 Å². The van der Waals surface area contributed by atoms with Gasteiger partial charge in [0.25, 0.3) is 0 Å². The molecule has 0 radical (unpaired) electrons. The summed E-state index contributed by atoms with van der Waals surface area (Å²) < 4.78 is 0. The third-order valence-corrected chi connectivity index (χ3v) is 4.93. The van der Waals surface area contributed by atoms with E-state index in [-0.39, 0.29) is 0 Å². The Morgan fingerprint density at radius 1 is 1.15 bits per heavy atom. The number of nitrogens with zero attached hydrogens (tertiary/aromatic N) is 2. The van der Waals surface area contributed by atoms with E-state index in [2.05, 4.69) is 16.7 Å². The molecule has 1 aromatic carbocycles. The van der Waals surface area contributed by atoms with Crippen molar-refractivity contribution < 1.29 is 5.11 Å². The highest BCUT2D eigenvalue weighted by Crippen LogP contribution is 2.23. The Balaban J connectivity index is 1.61. The van der Waals surface area contributed by atoms with Crippen molar-refractivity contribution in [3.8, 4) is 5.75 Å². The lowest BCUT2D eigenvalue weighted by Gasteiger charge is -2.30. The topological polar surface area (TPSA) is 26.7 Å². The minimum atomic E-state index is 0.359. The van der Waals surface area contributed by atoms with Crippen LogP contribution in [-0.2, 0) is 6.42 Å². The van der Waals surface area contributed by atoms with Crippen LogP contribution in [0.3, 0.4) is 0 Å². The van der Waals surface area contributed by atoms with Crippen molar-refractivity contribution in [3.63, 3.8) is 0 Å². The highest BCUT2D eigenvalue weighted by molar-refractivity contribution is 5.26. The molecule has 2 unspecified atom stereocenters. The normalized spacial score (nSPS) is 26.1. The first-order valence-corrected chi connectivity index (χ1v) is 7.98. The van der Waals surface area contributed by atoms with Crippen molar-refractivity contribution in [2.75, 3.05) is 26.2 Å². The molecule has 2 aliphatic rings. The molecule has 2 heterocycles. The van der Waals surface area contributed by atoms with Gasteiger partial charge >= 0.3 is 0 Å². The Morgan fingerprint density at radius 3 is 2.70 bits per heavy atom. The quantitative estimate of drug-likeness (QED) is 0.917. The van der Waals surface area contributed by atoms with Crippen LogP contribution in [-0.4, -0.2) is 53.2 Å². The average molecular weight is 274 g/mol. The summed E-state index contributed by atoms with van der Waals surface area (Å²) in [7, 11) is 0. The Bertz CT molecular complexity index is 431. The zero-order valence-electron chi connectivity index (χ0n) is 12.5. The van der Waals surface area contributed by atoms with Crippen molar-refractivity contribution in [1.82, 2.24) is 9.80 Å². The molecule has 2 aliphatic heterocycles. The summed E-state index contributed by atoms with van der Waals surface area (Å²) in [6.45, 7) is 7.40. The molecule has 1 N–H and O–H groups in total. The number of benzene rings is 1. The van der Waals surface area contributed by atoms with Crippen LogP contribution >= 0.6 is 0 Å². The van der Waals surface area contributed by atoms with E-state index in [0.29, 0.717) is 11.8 Å². The minimum absolute atomic E-state index is 0.359. The lowest BCUT2D eigenvalue weighted by molar-refractivity contribution is 0.180. The van der Waals surface area contributed by atoms with Gasteiger partial charge in [-0.15, -0.1) is 0 Å². The van der Waals surface area contributed by atoms with E-state index in [4.69, 9.17) is 0 Å². The summed E-state index contributed by atoms with van der Waals surface area (Å²) in [6, 6.07) is 9.06. The van der Waals surface area contributed by atoms with Gasteiger partial charge in [-0.1, -0.05) is 12.1 Å². The summed E-state index contributed by atoms with van der Waals surface area (Å²) >= 11 is 0. The van der Waals surface area contributed by atoms with Crippen molar-refractivity contribution in [3.05, 3.63) is 29.8 Å².